The molecule has 8 nitrogen and oxygen atoms in total. The van der Waals surface area contributed by atoms with Gasteiger partial charge in [-0.15, -0.1) is 0 Å². The third-order valence-electron chi connectivity index (χ3n) is 4.12. The van der Waals surface area contributed by atoms with Crippen LogP contribution in [0.15, 0.2) is 47.8 Å². The number of halogens is 3. The number of nitrogens with zero attached hydrogens (tertiary/aromatic N) is 4. The van der Waals surface area contributed by atoms with Crippen LogP contribution in [0.4, 0.5) is 24.8 Å². The number of hydrogen-bond acceptors (Lipinski definition) is 5. The first-order valence-electron chi connectivity index (χ1n) is 9.55. The highest BCUT2D eigenvalue weighted by molar-refractivity contribution is 7.80. The Morgan fingerprint density at radius 1 is 1.09 bits per heavy atom. The van der Waals surface area contributed by atoms with Crippen LogP contribution in [0.25, 0.3) is 0 Å². The van der Waals surface area contributed by atoms with E-state index in [1.165, 1.54) is 12.1 Å². The molecule has 0 aliphatic rings. The lowest BCUT2D eigenvalue weighted by Crippen LogP contribution is -2.39. The van der Waals surface area contributed by atoms with Crippen LogP contribution in [0.2, 0.25) is 0 Å². The monoisotopic (exact) mass is 462 g/mol. The number of imidazole rings is 1. The first-order chi connectivity index (χ1) is 15.2. The van der Waals surface area contributed by atoms with E-state index in [-0.39, 0.29) is 5.11 Å². The molecule has 0 aliphatic carbocycles. The number of aryl methyl sites for hydroxylation is 2. The first kappa shape index (κ1) is 23.1. The van der Waals surface area contributed by atoms with Crippen molar-refractivity contribution in [3.8, 4) is 0 Å². The molecule has 0 radical (unpaired) electrons. The predicted octanol–water partition coefficient (Wildman–Crippen LogP) is 3.83. The van der Waals surface area contributed by atoms with Gasteiger partial charge < -0.3 is 15.6 Å². The van der Waals surface area contributed by atoms with Crippen molar-refractivity contribution in [2.24, 2.45) is 4.99 Å². The van der Waals surface area contributed by atoms with Crippen molar-refractivity contribution in [2.75, 3.05) is 17.2 Å². The zero-order chi connectivity index (χ0) is 23.1. The Morgan fingerprint density at radius 2 is 1.78 bits per heavy atom. The number of alkyl halides is 3. The van der Waals surface area contributed by atoms with Crippen molar-refractivity contribution in [1.29, 1.82) is 0 Å². The molecule has 4 N–H and O–H groups in total. The van der Waals surface area contributed by atoms with Crippen LogP contribution in [0.1, 0.15) is 22.6 Å². The van der Waals surface area contributed by atoms with Crippen LogP contribution >= 0.6 is 12.2 Å². The van der Waals surface area contributed by atoms with Gasteiger partial charge in [0.1, 0.15) is 0 Å². The number of rotatable bonds is 5. The highest BCUT2D eigenvalue weighted by Crippen LogP contribution is 2.29. The standard InChI is InChI=1S/C20H21F3N8S/c1-12-9-13(2)28-18(27-12)30-17(25-8-7-16-10-24-11-26-16)31-19(32)29-15-5-3-14(4-6-15)20(21,22)23/h3-6,9-11H,7-8H2,1-2H3,(H,24,26)(H3,25,27,28,29,30,31,32). The maximum Gasteiger partial charge on any atom is 0.416 e. The Bertz CT molecular complexity index is 1060. The summed E-state index contributed by atoms with van der Waals surface area (Å²) in [7, 11) is 0. The van der Waals surface area contributed by atoms with E-state index in [2.05, 4.69) is 40.9 Å². The Balaban J connectivity index is 1.69. The number of thiocarbonyl (C=S) groups is 1. The number of aliphatic imine (C=N–C) groups is 1. The van der Waals surface area contributed by atoms with E-state index in [1.54, 1.807) is 12.5 Å². The summed E-state index contributed by atoms with van der Waals surface area (Å²) in [6, 6.07) is 6.39. The van der Waals surface area contributed by atoms with E-state index in [9.17, 15) is 13.2 Å². The normalized spacial score (nSPS) is 11.8. The lowest BCUT2D eigenvalue weighted by Gasteiger charge is -2.15. The van der Waals surface area contributed by atoms with E-state index < -0.39 is 11.7 Å². The Kier molecular flexibility index (Phi) is 7.36. The molecular weight excluding hydrogens is 441 g/mol. The largest absolute Gasteiger partial charge is 0.416 e. The molecule has 0 bridgehead atoms. The molecule has 0 aliphatic heterocycles. The number of benzene rings is 1. The fraction of sp³-hybridized carbons (Fsp3) is 0.250. The third-order valence-corrected chi connectivity index (χ3v) is 4.32. The topological polar surface area (TPSA) is 103 Å². The van der Waals surface area contributed by atoms with Gasteiger partial charge >= 0.3 is 6.18 Å². The summed E-state index contributed by atoms with van der Waals surface area (Å²) in [6.07, 6.45) is -0.496. The van der Waals surface area contributed by atoms with E-state index in [0.717, 1.165) is 29.2 Å². The molecule has 32 heavy (non-hydrogen) atoms. The first-order valence-corrected chi connectivity index (χ1v) is 9.96. The van der Waals surface area contributed by atoms with Gasteiger partial charge in [0.05, 0.1) is 11.9 Å². The summed E-state index contributed by atoms with van der Waals surface area (Å²) in [5.41, 5.74) is 2.14. The van der Waals surface area contributed by atoms with Crippen LogP contribution < -0.4 is 16.0 Å². The molecule has 168 valence electrons. The smallest absolute Gasteiger partial charge is 0.348 e. The van der Waals surface area contributed by atoms with Gasteiger partial charge in [-0.1, -0.05) is 0 Å². The average Bonchev–Trinajstić information content (AvgIpc) is 3.20. The summed E-state index contributed by atoms with van der Waals surface area (Å²) >= 11 is 5.29. The summed E-state index contributed by atoms with van der Waals surface area (Å²) < 4.78 is 38.2. The zero-order valence-corrected chi connectivity index (χ0v) is 18.1. The molecule has 0 saturated heterocycles. The molecular formula is C20H21F3N8S. The fourth-order valence-electron chi connectivity index (χ4n) is 2.72. The van der Waals surface area contributed by atoms with E-state index in [4.69, 9.17) is 12.2 Å². The minimum absolute atomic E-state index is 0.141. The minimum Gasteiger partial charge on any atom is -0.348 e. The molecule has 0 saturated carbocycles. The number of guanidine groups is 1. The van der Waals surface area contributed by atoms with Crippen LogP contribution in [0.3, 0.4) is 0 Å². The Hall–Kier alpha value is -3.54. The van der Waals surface area contributed by atoms with Crippen LogP contribution in [-0.4, -0.2) is 37.6 Å². The van der Waals surface area contributed by atoms with Crippen molar-refractivity contribution in [3.63, 3.8) is 0 Å². The van der Waals surface area contributed by atoms with Crippen molar-refractivity contribution >= 4 is 34.9 Å². The van der Waals surface area contributed by atoms with E-state index in [1.807, 2.05) is 19.9 Å². The second-order valence-corrected chi connectivity index (χ2v) is 7.22. The summed E-state index contributed by atoms with van der Waals surface area (Å²) in [5, 5.41) is 8.89. The second-order valence-electron chi connectivity index (χ2n) is 6.81. The molecule has 0 spiro atoms. The third kappa shape index (κ3) is 7.01. The molecule has 2 heterocycles. The number of aromatic nitrogens is 4. The Labute approximate surface area is 187 Å². The van der Waals surface area contributed by atoms with Gasteiger partial charge in [-0.05, 0) is 56.4 Å². The number of hydrogen-bond donors (Lipinski definition) is 4. The van der Waals surface area contributed by atoms with Gasteiger partial charge in [0.2, 0.25) is 11.9 Å². The summed E-state index contributed by atoms with van der Waals surface area (Å²) in [5.74, 6) is 0.631. The van der Waals surface area contributed by atoms with Crippen LogP contribution in [0, 0.1) is 13.8 Å². The maximum absolute atomic E-state index is 12.7. The highest BCUT2D eigenvalue weighted by Gasteiger charge is 2.29. The number of anilines is 2. The molecule has 2 aromatic heterocycles. The van der Waals surface area contributed by atoms with Gasteiger partial charge in [0.25, 0.3) is 0 Å². The predicted molar refractivity (Wildman–Crippen MR) is 121 cm³/mol. The van der Waals surface area contributed by atoms with Crippen LogP contribution in [-0.2, 0) is 12.6 Å². The molecule has 1 aromatic carbocycles. The lowest BCUT2D eigenvalue weighted by molar-refractivity contribution is -0.137. The summed E-state index contributed by atoms with van der Waals surface area (Å²) in [6.45, 7) is 4.10. The van der Waals surface area contributed by atoms with Crippen molar-refractivity contribution in [2.45, 2.75) is 26.4 Å². The molecule has 0 amide bonds. The molecule has 12 heteroatoms. The maximum atomic E-state index is 12.7. The molecule has 3 aromatic rings. The van der Waals surface area contributed by atoms with Gasteiger partial charge in [-0.3, -0.25) is 10.3 Å². The Morgan fingerprint density at radius 3 is 2.38 bits per heavy atom. The van der Waals surface area contributed by atoms with Gasteiger partial charge in [-0.25, -0.2) is 15.0 Å². The highest BCUT2D eigenvalue weighted by atomic mass is 32.1. The molecule has 0 unspecified atom stereocenters. The quantitative estimate of drug-likeness (QED) is 0.260. The minimum atomic E-state index is -4.40. The van der Waals surface area contributed by atoms with Gasteiger partial charge in [-0.2, -0.15) is 13.2 Å². The molecule has 0 fully saturated rings. The van der Waals surface area contributed by atoms with Crippen molar-refractivity contribution in [1.82, 2.24) is 25.3 Å². The lowest BCUT2D eigenvalue weighted by atomic mass is 10.2. The van der Waals surface area contributed by atoms with Crippen LogP contribution in [0.5, 0.6) is 0 Å². The zero-order valence-electron chi connectivity index (χ0n) is 17.3. The van der Waals surface area contributed by atoms with Gasteiger partial charge in [0.15, 0.2) is 5.11 Å². The number of aromatic amines is 1. The van der Waals surface area contributed by atoms with E-state index in [0.29, 0.717) is 30.6 Å². The summed E-state index contributed by atoms with van der Waals surface area (Å²) in [4.78, 5) is 20.1. The average molecular weight is 463 g/mol. The number of H-pyrrole nitrogens is 1. The number of nitrogens with one attached hydrogen (secondary N) is 4. The fourth-order valence-corrected chi connectivity index (χ4v) is 2.93. The van der Waals surface area contributed by atoms with Crippen molar-refractivity contribution < 1.29 is 13.2 Å². The van der Waals surface area contributed by atoms with Crippen molar-refractivity contribution in [3.05, 3.63) is 65.5 Å². The SMILES string of the molecule is Cc1cc(C)nc(NC(=NCCc2cnc[nH]2)NC(=S)Nc2ccc(C(F)(F)F)cc2)n1. The molecule has 0 atom stereocenters. The molecule has 3 rings (SSSR count). The van der Waals surface area contributed by atoms with E-state index >= 15 is 0 Å². The van der Waals surface area contributed by atoms with Gasteiger partial charge in [0, 0.05) is 41.9 Å². The second kappa shape index (κ2) is 10.2.